The summed E-state index contributed by atoms with van der Waals surface area (Å²) in [6.07, 6.45) is 1.50. The number of hydrogen-bond acceptors (Lipinski definition) is 7. The van der Waals surface area contributed by atoms with E-state index in [1.54, 1.807) is 19.0 Å². The smallest absolute Gasteiger partial charge is 0.269 e. The molecule has 110 valence electrons. The van der Waals surface area contributed by atoms with Crippen molar-refractivity contribution < 1.29 is 14.4 Å². The summed E-state index contributed by atoms with van der Waals surface area (Å²) < 4.78 is 10.7. The highest BCUT2D eigenvalue weighted by Gasteiger charge is 2.12. The van der Waals surface area contributed by atoms with E-state index in [2.05, 4.69) is 9.97 Å². The summed E-state index contributed by atoms with van der Waals surface area (Å²) in [4.78, 5) is 20.2. The molecule has 0 aliphatic carbocycles. The lowest BCUT2D eigenvalue weighted by molar-refractivity contribution is -0.384. The van der Waals surface area contributed by atoms with Crippen molar-refractivity contribution >= 4 is 11.6 Å². The molecule has 0 fully saturated rings. The summed E-state index contributed by atoms with van der Waals surface area (Å²) in [6, 6.07) is 5.70. The first kappa shape index (κ1) is 14.5. The molecule has 0 N–H and O–H groups in total. The van der Waals surface area contributed by atoms with Gasteiger partial charge in [-0.1, -0.05) is 0 Å². The fraction of sp³-hybridized carbons (Fsp3) is 0.231. The maximum Gasteiger partial charge on any atom is 0.269 e. The van der Waals surface area contributed by atoms with Crippen molar-refractivity contribution in [2.24, 2.45) is 0 Å². The van der Waals surface area contributed by atoms with Gasteiger partial charge in [0.05, 0.1) is 18.2 Å². The monoisotopic (exact) mass is 290 g/mol. The second-order valence-corrected chi connectivity index (χ2v) is 4.29. The normalized spacial score (nSPS) is 10.0. The Labute approximate surface area is 121 Å². The molecule has 2 rings (SSSR count). The third kappa shape index (κ3) is 3.35. The minimum atomic E-state index is -0.473. The summed E-state index contributed by atoms with van der Waals surface area (Å²) in [5, 5.41) is 10.6. The first-order valence-electron chi connectivity index (χ1n) is 6.02. The van der Waals surface area contributed by atoms with E-state index in [4.69, 9.17) is 9.47 Å². The van der Waals surface area contributed by atoms with Crippen LogP contribution in [0, 0.1) is 10.1 Å². The van der Waals surface area contributed by atoms with E-state index < -0.39 is 4.92 Å². The molecule has 0 spiro atoms. The van der Waals surface area contributed by atoms with Crippen LogP contribution < -0.4 is 14.4 Å². The van der Waals surface area contributed by atoms with Crippen LogP contribution >= 0.6 is 0 Å². The van der Waals surface area contributed by atoms with E-state index in [0.717, 1.165) is 0 Å². The van der Waals surface area contributed by atoms with Gasteiger partial charge in [-0.2, -0.15) is 4.98 Å². The number of aromatic nitrogens is 2. The molecule has 0 aliphatic heterocycles. The molecule has 0 saturated carbocycles. The minimum absolute atomic E-state index is 0.00835. The van der Waals surface area contributed by atoms with Crippen LogP contribution in [0.15, 0.2) is 30.5 Å². The van der Waals surface area contributed by atoms with Gasteiger partial charge in [0.2, 0.25) is 5.95 Å². The van der Waals surface area contributed by atoms with Crippen molar-refractivity contribution in [2.45, 2.75) is 0 Å². The molecule has 0 saturated heterocycles. The number of anilines is 1. The summed E-state index contributed by atoms with van der Waals surface area (Å²) in [6.45, 7) is 0. The molecule has 0 radical (unpaired) electrons. The Morgan fingerprint density at radius 1 is 1.24 bits per heavy atom. The quantitative estimate of drug-likeness (QED) is 0.616. The van der Waals surface area contributed by atoms with Crippen LogP contribution in [0.3, 0.4) is 0 Å². The molecule has 2 aromatic rings. The zero-order valence-corrected chi connectivity index (χ0v) is 11.8. The van der Waals surface area contributed by atoms with Crippen LogP contribution in [-0.4, -0.2) is 36.1 Å². The van der Waals surface area contributed by atoms with Gasteiger partial charge in [-0.05, 0) is 12.1 Å². The minimum Gasteiger partial charge on any atom is -0.490 e. The highest BCUT2D eigenvalue weighted by Crippen LogP contribution is 2.30. The molecular formula is C13H14N4O4. The van der Waals surface area contributed by atoms with E-state index >= 15 is 0 Å². The molecule has 0 bridgehead atoms. The fourth-order valence-electron chi connectivity index (χ4n) is 1.52. The van der Waals surface area contributed by atoms with Crippen LogP contribution in [0.5, 0.6) is 17.4 Å². The first-order chi connectivity index (χ1) is 10.0. The first-order valence-corrected chi connectivity index (χ1v) is 6.02. The van der Waals surface area contributed by atoms with Crippen LogP contribution in [0.1, 0.15) is 0 Å². The highest BCUT2D eigenvalue weighted by atomic mass is 16.6. The number of nitro benzene ring substituents is 1. The van der Waals surface area contributed by atoms with Gasteiger partial charge < -0.3 is 14.4 Å². The van der Waals surface area contributed by atoms with Crippen molar-refractivity contribution in [3.8, 4) is 17.4 Å². The van der Waals surface area contributed by atoms with Crippen molar-refractivity contribution in [1.82, 2.24) is 9.97 Å². The number of non-ortho nitro benzene ring substituents is 1. The number of hydrogen-bond donors (Lipinski definition) is 0. The standard InChI is InChI=1S/C13H14N4O4/c1-16(2)13-14-8-11(20-3)12(15-13)21-10-6-4-9(5-7-10)17(18)19/h4-8H,1-3H3. The fourth-order valence-corrected chi connectivity index (χ4v) is 1.52. The predicted molar refractivity (Wildman–Crippen MR) is 76.1 cm³/mol. The van der Waals surface area contributed by atoms with Crippen LogP contribution in [-0.2, 0) is 0 Å². The maximum absolute atomic E-state index is 10.6. The summed E-state index contributed by atoms with van der Waals surface area (Å²) in [5.41, 5.74) is -0.00835. The Bertz CT molecular complexity index is 643. The number of rotatable bonds is 5. The lowest BCUT2D eigenvalue weighted by atomic mass is 10.3. The third-order valence-corrected chi connectivity index (χ3v) is 2.59. The summed E-state index contributed by atoms with van der Waals surface area (Å²) in [5.74, 6) is 1.50. The maximum atomic E-state index is 10.6. The lowest BCUT2D eigenvalue weighted by Gasteiger charge is -2.13. The van der Waals surface area contributed by atoms with Gasteiger partial charge in [0.25, 0.3) is 11.6 Å². The van der Waals surface area contributed by atoms with Gasteiger partial charge in [-0.3, -0.25) is 10.1 Å². The number of methoxy groups -OCH3 is 1. The molecule has 1 heterocycles. The van der Waals surface area contributed by atoms with Gasteiger partial charge in [-0.15, -0.1) is 0 Å². The van der Waals surface area contributed by atoms with Crippen molar-refractivity contribution in [3.05, 3.63) is 40.6 Å². The van der Waals surface area contributed by atoms with Crippen molar-refractivity contribution in [3.63, 3.8) is 0 Å². The second-order valence-electron chi connectivity index (χ2n) is 4.29. The van der Waals surface area contributed by atoms with E-state index in [1.807, 2.05) is 0 Å². The van der Waals surface area contributed by atoms with Crippen LogP contribution in [0.2, 0.25) is 0 Å². The van der Waals surface area contributed by atoms with E-state index in [0.29, 0.717) is 17.4 Å². The Kier molecular flexibility index (Phi) is 4.17. The Morgan fingerprint density at radius 2 is 1.90 bits per heavy atom. The zero-order chi connectivity index (χ0) is 15.4. The highest BCUT2D eigenvalue weighted by molar-refractivity contribution is 5.43. The molecule has 21 heavy (non-hydrogen) atoms. The number of nitro groups is 1. The van der Waals surface area contributed by atoms with Crippen molar-refractivity contribution in [2.75, 3.05) is 26.1 Å². The zero-order valence-electron chi connectivity index (χ0n) is 11.8. The van der Waals surface area contributed by atoms with Gasteiger partial charge in [0.15, 0.2) is 5.75 Å². The van der Waals surface area contributed by atoms with E-state index in [1.165, 1.54) is 37.6 Å². The number of nitrogens with zero attached hydrogens (tertiary/aromatic N) is 4. The largest absolute Gasteiger partial charge is 0.490 e. The second kappa shape index (κ2) is 6.04. The van der Waals surface area contributed by atoms with Gasteiger partial charge in [0, 0.05) is 26.2 Å². The van der Waals surface area contributed by atoms with Crippen LogP contribution in [0.25, 0.3) is 0 Å². The molecule has 0 atom stereocenters. The molecule has 1 aromatic heterocycles. The molecule has 8 heteroatoms. The van der Waals surface area contributed by atoms with E-state index in [-0.39, 0.29) is 11.6 Å². The summed E-state index contributed by atoms with van der Waals surface area (Å²) in [7, 11) is 5.09. The van der Waals surface area contributed by atoms with Gasteiger partial charge in [0.1, 0.15) is 5.75 Å². The molecule has 8 nitrogen and oxygen atoms in total. The molecule has 0 aliphatic rings. The average molecular weight is 290 g/mol. The SMILES string of the molecule is COc1cnc(N(C)C)nc1Oc1ccc([N+](=O)[O-])cc1. The molecule has 0 unspecified atom stereocenters. The third-order valence-electron chi connectivity index (χ3n) is 2.59. The molecule has 1 aromatic carbocycles. The Hall–Kier alpha value is -2.90. The number of benzene rings is 1. The van der Waals surface area contributed by atoms with Gasteiger partial charge in [-0.25, -0.2) is 4.98 Å². The Balaban J connectivity index is 2.29. The topological polar surface area (TPSA) is 90.6 Å². The van der Waals surface area contributed by atoms with Crippen LogP contribution in [0.4, 0.5) is 11.6 Å². The molecule has 0 amide bonds. The molecular weight excluding hydrogens is 276 g/mol. The summed E-state index contributed by atoms with van der Waals surface area (Å²) >= 11 is 0. The Morgan fingerprint density at radius 3 is 2.43 bits per heavy atom. The predicted octanol–water partition coefficient (Wildman–Crippen LogP) is 2.25. The van der Waals surface area contributed by atoms with Crippen molar-refractivity contribution in [1.29, 1.82) is 0 Å². The lowest BCUT2D eigenvalue weighted by Crippen LogP contribution is -2.13. The number of ether oxygens (including phenoxy) is 2. The average Bonchev–Trinajstić information content (AvgIpc) is 2.47. The van der Waals surface area contributed by atoms with E-state index in [9.17, 15) is 10.1 Å². The van der Waals surface area contributed by atoms with Gasteiger partial charge >= 0.3 is 0 Å².